The van der Waals surface area contributed by atoms with E-state index in [4.69, 9.17) is 0 Å². The van der Waals surface area contributed by atoms with Gasteiger partial charge in [-0.3, -0.25) is 9.36 Å². The molecule has 1 heterocycles. The Kier molecular flexibility index (Phi) is 1.09. The zero-order valence-electron chi connectivity index (χ0n) is 5.45. The number of carbonyl (C=O) groups is 1. The van der Waals surface area contributed by atoms with Gasteiger partial charge in [0.25, 0.3) is 0 Å². The minimum Gasteiger partial charge on any atom is -0.274 e. The number of aromatic nitrogens is 2. The first-order chi connectivity index (χ1) is 4.88. The quantitative estimate of drug-likeness (QED) is 0.569. The van der Waals surface area contributed by atoms with Crippen molar-refractivity contribution >= 4 is 5.91 Å². The van der Waals surface area contributed by atoms with Crippen molar-refractivity contribution < 1.29 is 4.79 Å². The molecule has 1 fully saturated rings. The van der Waals surface area contributed by atoms with Crippen LogP contribution in [0.25, 0.3) is 0 Å². The van der Waals surface area contributed by atoms with E-state index in [0.29, 0.717) is 0 Å². The molecule has 0 spiro atoms. The maximum absolute atomic E-state index is 11.2. The van der Waals surface area contributed by atoms with E-state index in [0.717, 1.165) is 12.8 Å². The summed E-state index contributed by atoms with van der Waals surface area (Å²) in [5.74, 6) is 0.392. The van der Waals surface area contributed by atoms with Gasteiger partial charge in [-0.25, -0.2) is 4.98 Å². The molecule has 1 aliphatic carbocycles. The molecule has 3 heteroatoms. The van der Waals surface area contributed by atoms with Crippen molar-refractivity contribution in [1.29, 1.82) is 0 Å². The molecule has 0 aliphatic heterocycles. The fourth-order valence-corrected chi connectivity index (χ4v) is 0.879. The molecule has 1 radical (unpaired) electrons. The average molecular weight is 135 g/mol. The van der Waals surface area contributed by atoms with Gasteiger partial charge in [0.05, 0.1) is 0 Å². The molecule has 51 valence electrons. The van der Waals surface area contributed by atoms with E-state index in [1.165, 1.54) is 4.57 Å². The van der Waals surface area contributed by atoms with Crippen LogP contribution in [0, 0.1) is 12.2 Å². The number of imidazole rings is 1. The van der Waals surface area contributed by atoms with Crippen molar-refractivity contribution in [2.45, 2.75) is 12.8 Å². The van der Waals surface area contributed by atoms with Crippen LogP contribution in [0.1, 0.15) is 17.6 Å². The predicted molar refractivity (Wildman–Crippen MR) is 34.4 cm³/mol. The zero-order chi connectivity index (χ0) is 6.97. The third-order valence-corrected chi connectivity index (χ3v) is 1.62. The Morgan fingerprint density at radius 2 is 2.50 bits per heavy atom. The molecule has 0 bridgehead atoms. The topological polar surface area (TPSA) is 34.9 Å². The van der Waals surface area contributed by atoms with E-state index < -0.39 is 0 Å². The largest absolute Gasteiger partial charge is 0.274 e. The van der Waals surface area contributed by atoms with Crippen LogP contribution in [0.4, 0.5) is 0 Å². The molecule has 3 nitrogen and oxygen atoms in total. The maximum atomic E-state index is 11.2. The lowest BCUT2D eigenvalue weighted by Crippen LogP contribution is -2.09. The van der Waals surface area contributed by atoms with Crippen LogP contribution in [-0.2, 0) is 0 Å². The van der Waals surface area contributed by atoms with Gasteiger partial charge in [-0.05, 0) is 12.8 Å². The first-order valence-electron chi connectivity index (χ1n) is 3.33. The van der Waals surface area contributed by atoms with Gasteiger partial charge in [-0.1, -0.05) is 0 Å². The first kappa shape index (κ1) is 5.65. The number of rotatable bonds is 1. The molecule has 1 aromatic heterocycles. The Labute approximate surface area is 58.7 Å². The second-order valence-corrected chi connectivity index (χ2v) is 2.51. The van der Waals surface area contributed by atoms with E-state index in [9.17, 15) is 4.79 Å². The standard InChI is InChI=1S/C7H7N2O/c10-7(6-1-2-6)9-4-3-8-5-9/h3-4,6H,1-2H2. The molecule has 1 aromatic rings. The van der Waals surface area contributed by atoms with Crippen LogP contribution in [0.3, 0.4) is 0 Å². The molecular weight excluding hydrogens is 128 g/mol. The van der Waals surface area contributed by atoms with Crippen LogP contribution in [0.5, 0.6) is 0 Å². The second kappa shape index (κ2) is 1.94. The van der Waals surface area contributed by atoms with E-state index in [-0.39, 0.29) is 11.8 Å². The van der Waals surface area contributed by atoms with Gasteiger partial charge in [0, 0.05) is 18.3 Å². The lowest BCUT2D eigenvalue weighted by molar-refractivity contribution is 0.0885. The molecule has 1 saturated carbocycles. The predicted octanol–water partition coefficient (Wildman–Crippen LogP) is 0.733. The first-order valence-corrected chi connectivity index (χ1v) is 3.33. The van der Waals surface area contributed by atoms with Crippen LogP contribution in [0.2, 0.25) is 0 Å². The molecular formula is C7H7N2O. The summed E-state index contributed by atoms with van der Waals surface area (Å²) < 4.78 is 1.43. The van der Waals surface area contributed by atoms with Gasteiger partial charge in [0.15, 0.2) is 6.33 Å². The lowest BCUT2D eigenvalue weighted by atomic mass is 10.4. The summed E-state index contributed by atoms with van der Waals surface area (Å²) in [6, 6.07) is 0. The van der Waals surface area contributed by atoms with Gasteiger partial charge >= 0.3 is 0 Å². The number of hydrogen-bond donors (Lipinski definition) is 0. The fraction of sp³-hybridized carbons (Fsp3) is 0.429. The van der Waals surface area contributed by atoms with Gasteiger partial charge in [-0.2, -0.15) is 0 Å². The maximum Gasteiger partial charge on any atom is 0.235 e. The van der Waals surface area contributed by atoms with Crippen LogP contribution < -0.4 is 0 Å². The van der Waals surface area contributed by atoms with E-state index in [1.807, 2.05) is 0 Å². The molecule has 0 unspecified atom stereocenters. The van der Waals surface area contributed by atoms with Gasteiger partial charge in [-0.15, -0.1) is 0 Å². The van der Waals surface area contributed by atoms with Crippen LogP contribution in [0.15, 0.2) is 12.4 Å². The fourth-order valence-electron chi connectivity index (χ4n) is 0.879. The Balaban J connectivity index is 2.19. The molecule has 0 saturated heterocycles. The Morgan fingerprint density at radius 3 is 3.00 bits per heavy atom. The Morgan fingerprint density at radius 1 is 1.70 bits per heavy atom. The third kappa shape index (κ3) is 0.835. The van der Waals surface area contributed by atoms with Gasteiger partial charge < -0.3 is 0 Å². The third-order valence-electron chi connectivity index (χ3n) is 1.62. The highest BCUT2D eigenvalue weighted by Crippen LogP contribution is 2.30. The minimum atomic E-state index is 0.137. The average Bonchev–Trinajstić information content (AvgIpc) is 2.65. The lowest BCUT2D eigenvalue weighted by Gasteiger charge is -1.93. The van der Waals surface area contributed by atoms with Crippen molar-refractivity contribution in [2.75, 3.05) is 0 Å². The SMILES string of the molecule is O=C(C1CC1)n1[c]ncc1. The molecule has 0 atom stereocenters. The summed E-state index contributed by atoms with van der Waals surface area (Å²) in [5, 5.41) is 0. The summed E-state index contributed by atoms with van der Waals surface area (Å²) in [4.78, 5) is 14.8. The summed E-state index contributed by atoms with van der Waals surface area (Å²) >= 11 is 0. The van der Waals surface area contributed by atoms with Crippen molar-refractivity contribution in [3.05, 3.63) is 18.7 Å². The number of hydrogen-bond acceptors (Lipinski definition) is 2. The Hall–Kier alpha value is -1.12. The summed E-state index contributed by atoms with van der Waals surface area (Å²) in [5.41, 5.74) is 0. The van der Waals surface area contributed by atoms with Crippen molar-refractivity contribution in [3.63, 3.8) is 0 Å². The highest BCUT2D eigenvalue weighted by molar-refractivity contribution is 5.83. The minimum absolute atomic E-state index is 0.137. The Bertz CT molecular complexity index is 236. The molecule has 0 N–H and O–H groups in total. The number of nitrogens with zero attached hydrogens (tertiary/aromatic N) is 2. The summed E-state index contributed by atoms with van der Waals surface area (Å²) in [6.07, 6.45) is 7.85. The molecule has 10 heavy (non-hydrogen) atoms. The second-order valence-electron chi connectivity index (χ2n) is 2.51. The molecule has 1 aliphatic rings. The highest BCUT2D eigenvalue weighted by atomic mass is 16.2. The number of carbonyl (C=O) groups excluding carboxylic acids is 1. The monoisotopic (exact) mass is 135 g/mol. The molecule has 0 aromatic carbocycles. The van der Waals surface area contributed by atoms with Crippen molar-refractivity contribution in [1.82, 2.24) is 9.55 Å². The van der Waals surface area contributed by atoms with Crippen LogP contribution >= 0.6 is 0 Å². The smallest absolute Gasteiger partial charge is 0.235 e. The van der Waals surface area contributed by atoms with Crippen molar-refractivity contribution in [3.8, 4) is 0 Å². The van der Waals surface area contributed by atoms with Crippen LogP contribution in [-0.4, -0.2) is 15.5 Å². The summed E-state index contributed by atoms with van der Waals surface area (Å²) in [7, 11) is 0. The van der Waals surface area contributed by atoms with Gasteiger partial charge in [0.1, 0.15) is 0 Å². The summed E-state index contributed by atoms with van der Waals surface area (Å²) in [6.45, 7) is 0. The van der Waals surface area contributed by atoms with E-state index in [1.54, 1.807) is 12.4 Å². The molecule has 0 amide bonds. The molecule has 2 rings (SSSR count). The van der Waals surface area contributed by atoms with Crippen molar-refractivity contribution in [2.24, 2.45) is 5.92 Å². The normalized spacial score (nSPS) is 17.2. The van der Waals surface area contributed by atoms with E-state index >= 15 is 0 Å². The zero-order valence-corrected chi connectivity index (χ0v) is 5.45. The van der Waals surface area contributed by atoms with Gasteiger partial charge in [0.2, 0.25) is 5.91 Å². The highest BCUT2D eigenvalue weighted by Gasteiger charge is 2.30. The van der Waals surface area contributed by atoms with E-state index in [2.05, 4.69) is 11.3 Å².